The van der Waals surface area contributed by atoms with E-state index in [0.717, 1.165) is 69.1 Å². The average Bonchev–Trinajstić information content (AvgIpc) is 3.61. The number of fused-ring (bicyclic) bond motifs is 1. The number of carbonyl (C=O) groups is 1. The van der Waals surface area contributed by atoms with E-state index >= 15 is 0 Å². The minimum atomic E-state index is -0.0802. The number of nitrogens with one attached hydrogen (secondary N) is 2. The van der Waals surface area contributed by atoms with Gasteiger partial charge < -0.3 is 15.4 Å². The number of hydrogen-bond acceptors (Lipinski definition) is 6. The molecule has 2 fully saturated rings. The molecule has 0 radical (unpaired) electrons. The van der Waals surface area contributed by atoms with Gasteiger partial charge in [0.25, 0.3) is 5.91 Å². The molecule has 2 N–H and O–H groups in total. The summed E-state index contributed by atoms with van der Waals surface area (Å²) in [5.41, 5.74) is 2.82. The fourth-order valence-corrected chi connectivity index (χ4v) is 4.27. The number of anilines is 1. The summed E-state index contributed by atoms with van der Waals surface area (Å²) in [6.07, 6.45) is 4.11. The van der Waals surface area contributed by atoms with E-state index < -0.39 is 0 Å². The van der Waals surface area contributed by atoms with Gasteiger partial charge in [-0.3, -0.25) is 9.69 Å². The zero-order valence-electron chi connectivity index (χ0n) is 17.3. The second-order valence-electron chi connectivity index (χ2n) is 8.49. The van der Waals surface area contributed by atoms with Crippen LogP contribution in [0.15, 0.2) is 30.3 Å². The molecule has 7 nitrogen and oxygen atoms in total. The smallest absolute Gasteiger partial charge is 0.270 e. The van der Waals surface area contributed by atoms with E-state index in [1.165, 1.54) is 5.56 Å². The van der Waals surface area contributed by atoms with E-state index in [2.05, 4.69) is 50.8 Å². The van der Waals surface area contributed by atoms with E-state index in [9.17, 15) is 4.79 Å². The third-order valence-corrected chi connectivity index (χ3v) is 6.02. The van der Waals surface area contributed by atoms with E-state index in [1.54, 1.807) is 0 Å². The second-order valence-corrected chi connectivity index (χ2v) is 8.49. The van der Waals surface area contributed by atoms with Gasteiger partial charge in [-0.05, 0) is 31.2 Å². The Morgan fingerprint density at radius 2 is 2.07 bits per heavy atom. The number of aromatic nitrogens is 2. The van der Waals surface area contributed by atoms with Crippen molar-refractivity contribution in [2.75, 3.05) is 38.1 Å². The van der Waals surface area contributed by atoms with Crippen LogP contribution in [0.4, 0.5) is 5.82 Å². The summed E-state index contributed by atoms with van der Waals surface area (Å²) in [5, 5.41) is 6.42. The number of ether oxygens (including phenoxy) is 1. The summed E-state index contributed by atoms with van der Waals surface area (Å²) >= 11 is 0. The molecule has 158 valence electrons. The van der Waals surface area contributed by atoms with Crippen LogP contribution in [0.25, 0.3) is 0 Å². The predicted octanol–water partition coefficient (Wildman–Crippen LogP) is 2.34. The van der Waals surface area contributed by atoms with Crippen molar-refractivity contribution >= 4 is 11.7 Å². The molecule has 2 aromatic rings. The topological polar surface area (TPSA) is 79.4 Å². The Morgan fingerprint density at radius 1 is 1.20 bits per heavy atom. The second kappa shape index (κ2) is 8.70. The quantitative estimate of drug-likeness (QED) is 0.765. The Bertz CT molecular complexity index is 900. The molecule has 1 aliphatic carbocycles. The molecule has 0 bridgehead atoms. The van der Waals surface area contributed by atoms with Gasteiger partial charge in [0.1, 0.15) is 17.3 Å². The first kappa shape index (κ1) is 19.5. The van der Waals surface area contributed by atoms with Crippen LogP contribution in [-0.2, 0) is 17.7 Å². The van der Waals surface area contributed by atoms with Crippen molar-refractivity contribution in [3.05, 3.63) is 53.0 Å². The highest BCUT2D eigenvalue weighted by molar-refractivity contribution is 5.96. The van der Waals surface area contributed by atoms with Crippen LogP contribution in [-0.4, -0.2) is 59.7 Å². The molecule has 1 amide bonds. The van der Waals surface area contributed by atoms with Crippen molar-refractivity contribution in [1.82, 2.24) is 20.2 Å². The normalized spacial score (nSPS) is 22.1. The highest BCUT2D eigenvalue weighted by Gasteiger charge is 2.31. The molecule has 30 heavy (non-hydrogen) atoms. The Morgan fingerprint density at radius 3 is 2.90 bits per heavy atom. The highest BCUT2D eigenvalue weighted by Crippen LogP contribution is 2.39. The summed E-state index contributed by atoms with van der Waals surface area (Å²) in [7, 11) is 0. The number of amides is 1. The van der Waals surface area contributed by atoms with Gasteiger partial charge in [0.15, 0.2) is 0 Å². The lowest BCUT2D eigenvalue weighted by molar-refractivity contribution is 0.0624. The third-order valence-electron chi connectivity index (χ3n) is 6.02. The molecule has 1 aromatic heterocycles. The van der Waals surface area contributed by atoms with Crippen molar-refractivity contribution in [2.24, 2.45) is 0 Å². The molecule has 1 saturated carbocycles. The molecular weight excluding hydrogens is 378 g/mol. The molecule has 0 spiro atoms. The molecule has 1 saturated heterocycles. The fraction of sp³-hybridized carbons (Fsp3) is 0.522. The minimum Gasteiger partial charge on any atom is -0.375 e. The van der Waals surface area contributed by atoms with Crippen LogP contribution in [0.2, 0.25) is 0 Å². The summed E-state index contributed by atoms with van der Waals surface area (Å²) in [4.78, 5) is 24.2. The Kier molecular flexibility index (Phi) is 5.64. The summed E-state index contributed by atoms with van der Waals surface area (Å²) < 4.78 is 6.12. The number of benzene rings is 1. The first-order chi connectivity index (χ1) is 14.8. The van der Waals surface area contributed by atoms with E-state index in [0.29, 0.717) is 24.7 Å². The summed E-state index contributed by atoms with van der Waals surface area (Å²) in [6, 6.07) is 10.6. The number of rotatable bonds is 6. The lowest BCUT2D eigenvalue weighted by atomic mass is 10.1. The molecule has 1 atom stereocenters. The highest BCUT2D eigenvalue weighted by atomic mass is 16.5. The SMILES string of the molecule is O=C1NCCc2c(NCC3CN(Cc4ccccc4)CCCO3)nc(C3CC3)nc21. The summed E-state index contributed by atoms with van der Waals surface area (Å²) in [5.74, 6) is 1.95. The lowest BCUT2D eigenvalue weighted by Gasteiger charge is -2.25. The van der Waals surface area contributed by atoms with Gasteiger partial charge in [-0.15, -0.1) is 0 Å². The van der Waals surface area contributed by atoms with Gasteiger partial charge >= 0.3 is 0 Å². The number of nitrogens with zero attached hydrogens (tertiary/aromatic N) is 3. The zero-order chi connectivity index (χ0) is 20.3. The minimum absolute atomic E-state index is 0.0802. The van der Waals surface area contributed by atoms with Gasteiger partial charge in [-0.2, -0.15) is 0 Å². The molecule has 1 unspecified atom stereocenters. The monoisotopic (exact) mass is 407 g/mol. The van der Waals surface area contributed by atoms with Gasteiger partial charge in [0.2, 0.25) is 0 Å². The third kappa shape index (κ3) is 4.47. The average molecular weight is 408 g/mol. The number of hydrogen-bond donors (Lipinski definition) is 2. The first-order valence-electron chi connectivity index (χ1n) is 11.1. The maximum absolute atomic E-state index is 12.3. The van der Waals surface area contributed by atoms with E-state index in [4.69, 9.17) is 9.72 Å². The van der Waals surface area contributed by atoms with Gasteiger partial charge in [-0.25, -0.2) is 9.97 Å². The first-order valence-corrected chi connectivity index (χ1v) is 11.1. The Labute approximate surface area is 177 Å². The van der Waals surface area contributed by atoms with Crippen molar-refractivity contribution in [2.45, 2.75) is 44.2 Å². The van der Waals surface area contributed by atoms with Gasteiger partial charge in [-0.1, -0.05) is 30.3 Å². The Balaban J connectivity index is 1.28. The Hall–Kier alpha value is -2.51. The van der Waals surface area contributed by atoms with E-state index in [1.807, 2.05) is 0 Å². The van der Waals surface area contributed by atoms with Crippen molar-refractivity contribution in [3.8, 4) is 0 Å². The molecule has 7 heteroatoms. The van der Waals surface area contributed by atoms with Gasteiger partial charge in [0.05, 0.1) is 6.10 Å². The van der Waals surface area contributed by atoms with E-state index in [-0.39, 0.29) is 12.0 Å². The standard InChI is InChI=1S/C23H29N5O2/c29-23-20-19(9-10-24-23)22(27-21(26-20)17-7-8-17)25-13-18-15-28(11-4-12-30-18)14-16-5-2-1-3-6-16/h1-3,5-6,17-18H,4,7-15H2,(H,24,29)(H,25,26,27). The van der Waals surface area contributed by atoms with Crippen molar-refractivity contribution in [1.29, 1.82) is 0 Å². The molecule has 1 aromatic carbocycles. The lowest BCUT2D eigenvalue weighted by Crippen LogP contribution is -2.37. The van der Waals surface area contributed by atoms with Gasteiger partial charge in [0, 0.05) is 50.8 Å². The van der Waals surface area contributed by atoms with Crippen LogP contribution in [0.5, 0.6) is 0 Å². The molecule has 5 rings (SSSR count). The largest absolute Gasteiger partial charge is 0.375 e. The van der Waals surface area contributed by atoms with Crippen molar-refractivity contribution < 1.29 is 9.53 Å². The molecular formula is C23H29N5O2. The summed E-state index contributed by atoms with van der Waals surface area (Å²) in [6.45, 7) is 4.95. The fourth-order valence-electron chi connectivity index (χ4n) is 4.27. The molecule has 2 aliphatic heterocycles. The van der Waals surface area contributed by atoms with Crippen LogP contribution in [0.3, 0.4) is 0 Å². The van der Waals surface area contributed by atoms with Crippen LogP contribution in [0, 0.1) is 0 Å². The number of carbonyl (C=O) groups excluding carboxylic acids is 1. The maximum Gasteiger partial charge on any atom is 0.270 e. The molecule has 3 heterocycles. The van der Waals surface area contributed by atoms with Crippen LogP contribution < -0.4 is 10.6 Å². The predicted molar refractivity (Wildman–Crippen MR) is 115 cm³/mol. The molecule has 3 aliphatic rings. The van der Waals surface area contributed by atoms with Crippen LogP contribution >= 0.6 is 0 Å². The zero-order valence-corrected chi connectivity index (χ0v) is 17.3. The maximum atomic E-state index is 12.3. The van der Waals surface area contributed by atoms with Crippen molar-refractivity contribution in [3.63, 3.8) is 0 Å². The van der Waals surface area contributed by atoms with Crippen LogP contribution in [0.1, 0.15) is 52.6 Å².